The van der Waals surface area contributed by atoms with Crippen molar-refractivity contribution < 1.29 is 14.2 Å². The number of aliphatic hydroxyl groups is 1. The number of ether oxygens (including phenoxy) is 1. The summed E-state index contributed by atoms with van der Waals surface area (Å²) in [5.41, 5.74) is 1.72. The zero-order valence-electron chi connectivity index (χ0n) is 11.1. The highest BCUT2D eigenvalue weighted by Gasteiger charge is 2.04. The molecule has 0 unspecified atom stereocenters. The zero-order chi connectivity index (χ0) is 13.8. The second kappa shape index (κ2) is 5.85. The van der Waals surface area contributed by atoms with E-state index in [0.717, 1.165) is 0 Å². The van der Waals surface area contributed by atoms with Gasteiger partial charge in [-0.3, -0.25) is 0 Å². The average Bonchev–Trinajstić information content (AvgIpc) is 2.38. The Labute approximate surface area is 112 Å². The highest BCUT2D eigenvalue weighted by atomic mass is 19.1. The summed E-state index contributed by atoms with van der Waals surface area (Å²) in [4.78, 5) is 0. The summed E-state index contributed by atoms with van der Waals surface area (Å²) >= 11 is 0. The Hall–Kier alpha value is -1.87. The lowest BCUT2D eigenvalue weighted by Gasteiger charge is -2.09. The molecule has 2 nitrogen and oxygen atoms in total. The van der Waals surface area contributed by atoms with E-state index in [1.54, 1.807) is 6.07 Å². The summed E-state index contributed by atoms with van der Waals surface area (Å²) in [6.07, 6.45) is 0. The van der Waals surface area contributed by atoms with Gasteiger partial charge >= 0.3 is 0 Å². The van der Waals surface area contributed by atoms with Crippen molar-refractivity contribution in [3.8, 4) is 11.5 Å². The number of hydrogen-bond acceptors (Lipinski definition) is 2. The molecule has 0 spiro atoms. The van der Waals surface area contributed by atoms with Crippen LogP contribution in [0.25, 0.3) is 0 Å². The van der Waals surface area contributed by atoms with Crippen molar-refractivity contribution in [3.63, 3.8) is 0 Å². The molecule has 3 heteroatoms. The van der Waals surface area contributed by atoms with E-state index in [1.807, 2.05) is 24.3 Å². The summed E-state index contributed by atoms with van der Waals surface area (Å²) < 4.78 is 18.9. The Morgan fingerprint density at radius 1 is 1.05 bits per heavy atom. The molecule has 19 heavy (non-hydrogen) atoms. The Bertz CT molecular complexity index is 547. The van der Waals surface area contributed by atoms with Gasteiger partial charge in [0, 0.05) is 6.07 Å². The van der Waals surface area contributed by atoms with E-state index >= 15 is 0 Å². The quantitative estimate of drug-likeness (QED) is 0.891. The Morgan fingerprint density at radius 3 is 2.32 bits per heavy atom. The fraction of sp³-hybridized carbons (Fsp3) is 0.250. The summed E-state index contributed by atoms with van der Waals surface area (Å²) in [7, 11) is 0. The summed E-state index contributed by atoms with van der Waals surface area (Å²) in [6, 6.07) is 11.9. The van der Waals surface area contributed by atoms with Crippen LogP contribution in [0.15, 0.2) is 42.5 Å². The van der Waals surface area contributed by atoms with Crippen molar-refractivity contribution in [2.24, 2.45) is 0 Å². The molecule has 2 rings (SSSR count). The predicted octanol–water partition coefficient (Wildman–Crippen LogP) is 4.23. The molecule has 2 aromatic rings. The van der Waals surface area contributed by atoms with Gasteiger partial charge in [0.2, 0.25) is 0 Å². The lowest BCUT2D eigenvalue weighted by molar-refractivity contribution is 0.280. The maximum absolute atomic E-state index is 13.3. The van der Waals surface area contributed by atoms with Crippen molar-refractivity contribution in [1.29, 1.82) is 0 Å². The predicted molar refractivity (Wildman–Crippen MR) is 72.9 cm³/mol. The van der Waals surface area contributed by atoms with Crippen LogP contribution in [0, 0.1) is 5.82 Å². The van der Waals surface area contributed by atoms with Crippen molar-refractivity contribution in [1.82, 2.24) is 0 Å². The van der Waals surface area contributed by atoms with Gasteiger partial charge in [-0.05, 0) is 41.3 Å². The number of rotatable bonds is 4. The maximum Gasteiger partial charge on any atom is 0.130 e. The molecule has 0 bridgehead atoms. The molecule has 0 aliphatic heterocycles. The fourth-order valence-electron chi connectivity index (χ4n) is 1.83. The molecule has 0 saturated carbocycles. The van der Waals surface area contributed by atoms with Crippen molar-refractivity contribution in [2.45, 2.75) is 26.4 Å². The maximum atomic E-state index is 13.3. The fourth-order valence-corrected chi connectivity index (χ4v) is 1.83. The van der Waals surface area contributed by atoms with Gasteiger partial charge in [0.25, 0.3) is 0 Å². The topological polar surface area (TPSA) is 29.5 Å². The highest BCUT2D eigenvalue weighted by Crippen LogP contribution is 2.25. The van der Waals surface area contributed by atoms with Gasteiger partial charge in [-0.25, -0.2) is 4.39 Å². The molecule has 0 aromatic heterocycles. The van der Waals surface area contributed by atoms with Crippen LogP contribution in [0.3, 0.4) is 0 Å². The van der Waals surface area contributed by atoms with Crippen LogP contribution in [0.5, 0.6) is 11.5 Å². The molecule has 0 heterocycles. The highest BCUT2D eigenvalue weighted by molar-refractivity contribution is 5.36. The van der Waals surface area contributed by atoms with Crippen LogP contribution in [0.2, 0.25) is 0 Å². The van der Waals surface area contributed by atoms with Gasteiger partial charge in [0.15, 0.2) is 0 Å². The minimum absolute atomic E-state index is 0.208. The summed E-state index contributed by atoms with van der Waals surface area (Å²) in [6.45, 7) is 4.03. The van der Waals surface area contributed by atoms with Gasteiger partial charge in [-0.15, -0.1) is 0 Å². The van der Waals surface area contributed by atoms with Crippen LogP contribution >= 0.6 is 0 Å². The van der Waals surface area contributed by atoms with Crippen molar-refractivity contribution >= 4 is 0 Å². The Kier molecular flexibility index (Phi) is 4.17. The number of aliphatic hydroxyl groups excluding tert-OH is 1. The van der Waals surface area contributed by atoms with E-state index < -0.39 is 5.82 Å². The van der Waals surface area contributed by atoms with E-state index in [4.69, 9.17) is 9.84 Å². The molecule has 0 atom stereocenters. The molecule has 2 aromatic carbocycles. The monoisotopic (exact) mass is 260 g/mol. The van der Waals surface area contributed by atoms with Crippen molar-refractivity contribution in [2.75, 3.05) is 0 Å². The number of halogens is 1. The normalized spacial score (nSPS) is 10.8. The first-order chi connectivity index (χ1) is 9.08. The minimum Gasteiger partial charge on any atom is -0.457 e. The van der Waals surface area contributed by atoms with Gasteiger partial charge in [0.05, 0.1) is 6.61 Å². The third-order valence-electron chi connectivity index (χ3n) is 2.90. The average molecular weight is 260 g/mol. The smallest absolute Gasteiger partial charge is 0.130 e. The second-order valence-electron chi connectivity index (χ2n) is 4.78. The molecule has 0 amide bonds. The third-order valence-corrected chi connectivity index (χ3v) is 2.90. The molecule has 0 fully saturated rings. The van der Waals surface area contributed by atoms with Gasteiger partial charge in [-0.2, -0.15) is 0 Å². The van der Waals surface area contributed by atoms with Crippen LogP contribution in [0.4, 0.5) is 4.39 Å². The first-order valence-corrected chi connectivity index (χ1v) is 6.26. The molecular weight excluding hydrogens is 243 g/mol. The molecule has 100 valence electrons. The zero-order valence-corrected chi connectivity index (χ0v) is 11.1. The van der Waals surface area contributed by atoms with E-state index in [1.165, 1.54) is 17.7 Å². The minimum atomic E-state index is -0.416. The van der Waals surface area contributed by atoms with Gasteiger partial charge in [0.1, 0.15) is 17.3 Å². The Morgan fingerprint density at radius 2 is 1.74 bits per heavy atom. The van der Waals surface area contributed by atoms with Gasteiger partial charge < -0.3 is 9.84 Å². The van der Waals surface area contributed by atoms with Crippen LogP contribution in [0.1, 0.15) is 30.9 Å². The first-order valence-electron chi connectivity index (χ1n) is 6.26. The molecule has 0 aliphatic carbocycles. The van der Waals surface area contributed by atoms with Crippen LogP contribution in [-0.4, -0.2) is 5.11 Å². The number of hydrogen-bond donors (Lipinski definition) is 1. The molecule has 0 aliphatic rings. The summed E-state index contributed by atoms with van der Waals surface area (Å²) in [5.74, 6) is 1.09. The van der Waals surface area contributed by atoms with E-state index in [-0.39, 0.29) is 6.61 Å². The molecule has 0 saturated heterocycles. The molecular formula is C16H17FO2. The van der Waals surface area contributed by atoms with Crippen molar-refractivity contribution in [3.05, 3.63) is 59.4 Å². The van der Waals surface area contributed by atoms with Crippen LogP contribution in [-0.2, 0) is 6.61 Å². The first kappa shape index (κ1) is 13.6. The third kappa shape index (κ3) is 3.55. The van der Waals surface area contributed by atoms with E-state index in [2.05, 4.69) is 13.8 Å². The lowest BCUT2D eigenvalue weighted by atomic mass is 10.0. The summed E-state index contributed by atoms with van der Waals surface area (Å²) in [5, 5.41) is 9.03. The second-order valence-corrected chi connectivity index (χ2v) is 4.78. The standard InChI is InChI=1S/C16H17FO2/c1-11(2)13-3-5-15(6-4-13)19-16-8-12(10-18)7-14(17)9-16/h3-9,11,18H,10H2,1-2H3. The SMILES string of the molecule is CC(C)c1ccc(Oc2cc(F)cc(CO)c2)cc1. The van der Waals surface area contributed by atoms with E-state index in [9.17, 15) is 4.39 Å². The van der Waals surface area contributed by atoms with Crippen LogP contribution < -0.4 is 4.74 Å². The molecule has 1 N–H and O–H groups in total. The molecule has 0 radical (unpaired) electrons. The number of benzene rings is 2. The van der Waals surface area contributed by atoms with Gasteiger partial charge in [-0.1, -0.05) is 26.0 Å². The lowest BCUT2D eigenvalue weighted by Crippen LogP contribution is -1.91. The van der Waals surface area contributed by atoms with E-state index in [0.29, 0.717) is 23.0 Å². The largest absolute Gasteiger partial charge is 0.457 e. The Balaban J connectivity index is 2.18.